The van der Waals surface area contributed by atoms with E-state index in [0.717, 1.165) is 0 Å². The van der Waals surface area contributed by atoms with Gasteiger partial charge in [0.25, 0.3) is 5.69 Å². The molecular weight excluding hydrogens is 270 g/mol. The molecule has 0 unspecified atom stereocenters. The predicted octanol–water partition coefficient (Wildman–Crippen LogP) is 4.01. The van der Waals surface area contributed by atoms with Crippen LogP contribution in [0.5, 0.6) is 5.75 Å². The largest absolute Gasteiger partial charge is 0.496 e. The number of hydrogen-bond acceptors (Lipinski definition) is 4. The van der Waals surface area contributed by atoms with Crippen molar-refractivity contribution in [3.63, 3.8) is 0 Å². The van der Waals surface area contributed by atoms with Crippen LogP contribution in [0.4, 0.5) is 5.69 Å². The maximum atomic E-state index is 11.7. The number of ether oxygens (including phenoxy) is 1. The highest BCUT2D eigenvalue weighted by Crippen LogP contribution is 2.43. The van der Waals surface area contributed by atoms with E-state index in [-0.39, 0.29) is 11.1 Å². The lowest BCUT2D eigenvalue weighted by Crippen LogP contribution is -2.23. The van der Waals surface area contributed by atoms with Crippen LogP contribution in [0.2, 0.25) is 0 Å². The maximum absolute atomic E-state index is 11.7. The van der Waals surface area contributed by atoms with Gasteiger partial charge in [-0.2, -0.15) is 0 Å². The molecule has 116 valence electrons. The van der Waals surface area contributed by atoms with Crippen molar-refractivity contribution in [3.05, 3.63) is 32.9 Å². The summed E-state index contributed by atoms with van der Waals surface area (Å²) in [7, 11) is 1.46. The van der Waals surface area contributed by atoms with E-state index < -0.39 is 10.3 Å². The van der Waals surface area contributed by atoms with Crippen molar-refractivity contribution in [2.75, 3.05) is 7.11 Å². The normalized spacial score (nSPS) is 12.1. The number of rotatable bonds is 3. The van der Waals surface area contributed by atoms with E-state index in [4.69, 9.17) is 4.74 Å². The number of aldehydes is 1. The van der Waals surface area contributed by atoms with Crippen molar-refractivity contribution < 1.29 is 14.5 Å². The van der Waals surface area contributed by atoms with E-state index >= 15 is 0 Å². The molecule has 0 amide bonds. The first-order valence-corrected chi connectivity index (χ1v) is 6.80. The quantitative estimate of drug-likeness (QED) is 0.479. The standard InChI is InChI=1S/C16H23NO4/c1-15(2,3)13-10(9-18)14(16(4,5)6)12(21-7)8-11(13)17(19)20/h8-9H,1-7H3. The lowest BCUT2D eigenvalue weighted by Gasteiger charge is -2.29. The van der Waals surface area contributed by atoms with E-state index in [2.05, 4.69) is 0 Å². The molecule has 0 saturated carbocycles. The minimum atomic E-state index is -0.523. The Hall–Kier alpha value is -1.91. The van der Waals surface area contributed by atoms with E-state index in [1.807, 2.05) is 41.5 Å². The highest BCUT2D eigenvalue weighted by Gasteiger charge is 2.35. The fourth-order valence-electron chi connectivity index (χ4n) is 2.65. The topological polar surface area (TPSA) is 69.4 Å². The second-order valence-electron chi connectivity index (χ2n) is 7.14. The Morgan fingerprint density at radius 2 is 1.57 bits per heavy atom. The minimum Gasteiger partial charge on any atom is -0.496 e. The van der Waals surface area contributed by atoms with Gasteiger partial charge in [0.05, 0.1) is 18.1 Å². The van der Waals surface area contributed by atoms with Gasteiger partial charge in [-0.3, -0.25) is 14.9 Å². The van der Waals surface area contributed by atoms with Gasteiger partial charge in [-0.1, -0.05) is 41.5 Å². The third-order valence-electron chi connectivity index (χ3n) is 3.34. The molecule has 5 heteroatoms. The summed E-state index contributed by atoms with van der Waals surface area (Å²) in [6, 6.07) is 1.42. The smallest absolute Gasteiger partial charge is 0.277 e. The molecule has 0 radical (unpaired) electrons. The van der Waals surface area contributed by atoms with E-state index in [9.17, 15) is 14.9 Å². The van der Waals surface area contributed by atoms with Crippen LogP contribution in [0, 0.1) is 10.1 Å². The number of nitrogens with zero attached hydrogens (tertiary/aromatic N) is 1. The van der Waals surface area contributed by atoms with Gasteiger partial charge in [-0.25, -0.2) is 0 Å². The van der Waals surface area contributed by atoms with Gasteiger partial charge in [0.1, 0.15) is 5.75 Å². The van der Waals surface area contributed by atoms with Crippen LogP contribution in [0.15, 0.2) is 6.07 Å². The number of carbonyl (C=O) groups is 1. The van der Waals surface area contributed by atoms with E-state index in [0.29, 0.717) is 28.7 Å². The Bertz CT molecular complexity index is 577. The first kappa shape index (κ1) is 17.1. The number of carbonyl (C=O) groups excluding carboxylic acids is 1. The van der Waals surface area contributed by atoms with Gasteiger partial charge in [-0.15, -0.1) is 0 Å². The number of methoxy groups -OCH3 is 1. The Morgan fingerprint density at radius 3 is 1.86 bits per heavy atom. The summed E-state index contributed by atoms with van der Waals surface area (Å²) < 4.78 is 5.31. The number of benzene rings is 1. The van der Waals surface area contributed by atoms with Crippen LogP contribution in [0.25, 0.3) is 0 Å². The zero-order valence-electron chi connectivity index (χ0n) is 13.7. The predicted molar refractivity (Wildman–Crippen MR) is 82.4 cm³/mol. The molecular formula is C16H23NO4. The molecule has 0 saturated heterocycles. The molecule has 0 atom stereocenters. The highest BCUT2D eigenvalue weighted by molar-refractivity contribution is 5.85. The van der Waals surface area contributed by atoms with Crippen molar-refractivity contribution in [2.45, 2.75) is 52.4 Å². The summed E-state index contributed by atoms with van der Waals surface area (Å²) in [6.07, 6.45) is 0.705. The van der Waals surface area contributed by atoms with Gasteiger partial charge >= 0.3 is 0 Å². The average Bonchev–Trinajstić information content (AvgIpc) is 2.33. The molecule has 5 nitrogen and oxygen atoms in total. The third-order valence-corrected chi connectivity index (χ3v) is 3.34. The number of hydrogen-bond donors (Lipinski definition) is 0. The Balaban J connectivity index is 4.01. The molecule has 1 aromatic rings. The van der Waals surface area contributed by atoms with Crippen LogP contribution in [0.3, 0.4) is 0 Å². The molecule has 0 spiro atoms. The molecule has 0 aromatic heterocycles. The van der Waals surface area contributed by atoms with Crippen molar-refractivity contribution in [1.82, 2.24) is 0 Å². The van der Waals surface area contributed by atoms with Crippen LogP contribution in [0.1, 0.15) is 63.0 Å². The Kier molecular flexibility index (Phi) is 4.46. The summed E-state index contributed by atoms with van der Waals surface area (Å²) in [6.45, 7) is 11.5. The molecule has 0 fully saturated rings. The van der Waals surface area contributed by atoms with Crippen molar-refractivity contribution in [3.8, 4) is 5.75 Å². The summed E-state index contributed by atoms with van der Waals surface area (Å²) in [5.41, 5.74) is 0.556. The summed E-state index contributed by atoms with van der Waals surface area (Å²) in [4.78, 5) is 22.7. The van der Waals surface area contributed by atoms with Crippen molar-refractivity contribution in [2.24, 2.45) is 0 Å². The SMILES string of the molecule is COc1cc([N+](=O)[O-])c(C(C)(C)C)c(C=O)c1C(C)(C)C. The van der Waals surface area contributed by atoms with Crippen LogP contribution in [-0.4, -0.2) is 18.3 Å². The second-order valence-corrected chi connectivity index (χ2v) is 7.14. The van der Waals surface area contributed by atoms with Crippen molar-refractivity contribution >= 4 is 12.0 Å². The highest BCUT2D eigenvalue weighted by atomic mass is 16.6. The summed E-state index contributed by atoms with van der Waals surface area (Å²) >= 11 is 0. The maximum Gasteiger partial charge on any atom is 0.277 e. The Morgan fingerprint density at radius 1 is 1.10 bits per heavy atom. The molecule has 0 aliphatic carbocycles. The lowest BCUT2D eigenvalue weighted by molar-refractivity contribution is -0.386. The lowest BCUT2D eigenvalue weighted by atomic mass is 9.75. The summed E-state index contributed by atoms with van der Waals surface area (Å²) in [5.74, 6) is 0.379. The van der Waals surface area contributed by atoms with Gasteiger partial charge in [0.2, 0.25) is 0 Å². The van der Waals surface area contributed by atoms with Crippen LogP contribution < -0.4 is 4.74 Å². The van der Waals surface area contributed by atoms with Gasteiger partial charge < -0.3 is 4.74 Å². The molecule has 1 aromatic carbocycles. The second kappa shape index (κ2) is 5.47. The van der Waals surface area contributed by atoms with Crippen molar-refractivity contribution in [1.29, 1.82) is 0 Å². The zero-order chi connectivity index (χ0) is 16.6. The molecule has 21 heavy (non-hydrogen) atoms. The minimum absolute atomic E-state index is 0.0746. The number of nitro benzene ring substituents is 1. The fraction of sp³-hybridized carbons (Fsp3) is 0.562. The number of nitro groups is 1. The Labute approximate surface area is 125 Å². The van der Waals surface area contributed by atoms with Gasteiger partial charge in [-0.05, 0) is 10.8 Å². The average molecular weight is 293 g/mol. The molecule has 1 rings (SSSR count). The summed E-state index contributed by atoms with van der Waals surface area (Å²) in [5, 5.41) is 11.4. The molecule has 0 N–H and O–H groups in total. The molecule has 0 aliphatic heterocycles. The van der Waals surface area contributed by atoms with Crippen LogP contribution >= 0.6 is 0 Å². The molecule has 0 heterocycles. The van der Waals surface area contributed by atoms with Gasteiger partial charge in [0.15, 0.2) is 6.29 Å². The van der Waals surface area contributed by atoms with Gasteiger partial charge in [0, 0.05) is 16.7 Å². The monoisotopic (exact) mass is 293 g/mol. The zero-order valence-corrected chi connectivity index (χ0v) is 13.7. The van der Waals surface area contributed by atoms with E-state index in [1.54, 1.807) is 0 Å². The van der Waals surface area contributed by atoms with E-state index in [1.165, 1.54) is 13.2 Å². The first-order valence-electron chi connectivity index (χ1n) is 6.80. The molecule has 0 aliphatic rings. The third kappa shape index (κ3) is 3.23. The fourth-order valence-corrected chi connectivity index (χ4v) is 2.65. The first-order chi connectivity index (χ1) is 9.45. The van der Waals surface area contributed by atoms with Crippen LogP contribution in [-0.2, 0) is 10.8 Å². The molecule has 0 bridgehead atoms.